The predicted molar refractivity (Wildman–Crippen MR) is 69.7 cm³/mol. The smallest absolute Gasteiger partial charge is 0.128 e. The van der Waals surface area contributed by atoms with Crippen molar-refractivity contribution in [3.8, 4) is 0 Å². The summed E-state index contributed by atoms with van der Waals surface area (Å²) in [5.41, 5.74) is 0.116. The maximum Gasteiger partial charge on any atom is 0.128 e. The molecule has 1 aliphatic heterocycles. The quantitative estimate of drug-likeness (QED) is 0.731. The molecule has 0 amide bonds. The van der Waals surface area contributed by atoms with E-state index in [-0.39, 0.29) is 5.72 Å². The average molecular weight is 237 g/mol. The monoisotopic (exact) mass is 237 g/mol. The summed E-state index contributed by atoms with van der Waals surface area (Å²) in [4.78, 5) is 2.69. The zero-order chi connectivity index (χ0) is 12.2. The molecule has 0 N–H and O–H groups in total. The summed E-state index contributed by atoms with van der Waals surface area (Å²) in [5.74, 6) is 3.33. The van der Waals surface area contributed by atoms with Gasteiger partial charge in [-0.3, -0.25) is 4.90 Å². The summed E-state index contributed by atoms with van der Waals surface area (Å²) in [7, 11) is 0. The first kappa shape index (κ1) is 12.0. The Hall–Kier alpha value is -0.0800. The van der Waals surface area contributed by atoms with E-state index < -0.39 is 0 Å². The van der Waals surface area contributed by atoms with E-state index in [0.717, 1.165) is 30.3 Å². The van der Waals surface area contributed by atoms with Gasteiger partial charge in [-0.2, -0.15) is 0 Å². The molecule has 0 radical (unpaired) electrons. The summed E-state index contributed by atoms with van der Waals surface area (Å²) in [6, 6.07) is 0.621. The molecular weight excluding hydrogens is 210 g/mol. The predicted octanol–water partition coefficient (Wildman–Crippen LogP) is 3.13. The second-order valence-corrected chi connectivity index (χ2v) is 6.93. The number of fused-ring (bicyclic) bond motifs is 2. The summed E-state index contributed by atoms with van der Waals surface area (Å²) in [6.07, 6.45) is 4.04. The highest BCUT2D eigenvalue weighted by Gasteiger charge is 2.67. The number of rotatable bonds is 2. The second kappa shape index (κ2) is 3.96. The van der Waals surface area contributed by atoms with Crippen LogP contribution >= 0.6 is 0 Å². The molecule has 2 heteroatoms. The Morgan fingerprint density at radius 3 is 2.59 bits per heavy atom. The van der Waals surface area contributed by atoms with Gasteiger partial charge < -0.3 is 4.74 Å². The SMILES string of the molecule is CC(C)[C@@H]1C[C@@H]2C[C@@H]2[C@@]12OCCCN2C(C)C. The van der Waals surface area contributed by atoms with Gasteiger partial charge in [-0.1, -0.05) is 13.8 Å². The number of ether oxygens (including phenoxy) is 1. The third-order valence-electron chi connectivity index (χ3n) is 5.30. The van der Waals surface area contributed by atoms with E-state index in [9.17, 15) is 0 Å². The highest BCUT2D eigenvalue weighted by Crippen LogP contribution is 2.65. The molecule has 0 aromatic rings. The molecule has 1 spiro atoms. The molecule has 3 aliphatic rings. The van der Waals surface area contributed by atoms with E-state index in [0.29, 0.717) is 6.04 Å². The first-order chi connectivity index (χ1) is 8.07. The van der Waals surface area contributed by atoms with Crippen LogP contribution in [0.1, 0.15) is 47.0 Å². The fraction of sp³-hybridized carbons (Fsp3) is 1.00. The maximum absolute atomic E-state index is 6.45. The second-order valence-electron chi connectivity index (χ2n) is 6.93. The van der Waals surface area contributed by atoms with Gasteiger partial charge in [0.25, 0.3) is 0 Å². The largest absolute Gasteiger partial charge is 0.360 e. The van der Waals surface area contributed by atoms with Crippen molar-refractivity contribution in [2.75, 3.05) is 13.2 Å². The van der Waals surface area contributed by atoms with Crippen LogP contribution in [0.2, 0.25) is 0 Å². The van der Waals surface area contributed by atoms with Gasteiger partial charge in [0.05, 0.1) is 6.61 Å². The highest BCUT2D eigenvalue weighted by atomic mass is 16.5. The Balaban J connectivity index is 1.94. The van der Waals surface area contributed by atoms with Crippen LogP contribution in [0.5, 0.6) is 0 Å². The molecule has 2 aliphatic carbocycles. The molecule has 0 bridgehead atoms. The summed E-state index contributed by atoms with van der Waals surface area (Å²) < 4.78 is 6.45. The van der Waals surface area contributed by atoms with Crippen molar-refractivity contribution in [2.45, 2.75) is 58.7 Å². The minimum atomic E-state index is 0.116. The molecule has 2 saturated carbocycles. The van der Waals surface area contributed by atoms with Gasteiger partial charge in [0, 0.05) is 24.4 Å². The minimum Gasteiger partial charge on any atom is -0.360 e. The Labute approximate surface area is 106 Å². The van der Waals surface area contributed by atoms with Crippen molar-refractivity contribution < 1.29 is 4.74 Å². The van der Waals surface area contributed by atoms with Crippen LogP contribution in [0, 0.1) is 23.7 Å². The van der Waals surface area contributed by atoms with E-state index in [2.05, 4.69) is 32.6 Å². The first-order valence-electron chi connectivity index (χ1n) is 7.48. The molecular formula is C15H27NO. The number of hydrogen-bond acceptors (Lipinski definition) is 2. The molecule has 1 saturated heterocycles. The summed E-state index contributed by atoms with van der Waals surface area (Å²) >= 11 is 0. The maximum atomic E-state index is 6.45. The van der Waals surface area contributed by atoms with E-state index in [4.69, 9.17) is 4.74 Å². The normalized spacial score (nSPS) is 45.9. The molecule has 3 fully saturated rings. The molecule has 17 heavy (non-hydrogen) atoms. The van der Waals surface area contributed by atoms with Crippen molar-refractivity contribution >= 4 is 0 Å². The fourth-order valence-electron chi connectivity index (χ4n) is 4.56. The Morgan fingerprint density at radius 2 is 1.94 bits per heavy atom. The van der Waals surface area contributed by atoms with Crippen molar-refractivity contribution in [1.82, 2.24) is 4.90 Å². The lowest BCUT2D eigenvalue weighted by Crippen LogP contribution is -2.62. The first-order valence-corrected chi connectivity index (χ1v) is 7.48. The van der Waals surface area contributed by atoms with Gasteiger partial charge in [-0.05, 0) is 44.9 Å². The van der Waals surface area contributed by atoms with Gasteiger partial charge in [-0.15, -0.1) is 0 Å². The topological polar surface area (TPSA) is 12.5 Å². The molecule has 3 rings (SSSR count). The zero-order valence-corrected chi connectivity index (χ0v) is 11.8. The minimum absolute atomic E-state index is 0.116. The van der Waals surface area contributed by atoms with E-state index in [1.165, 1.54) is 25.8 Å². The molecule has 0 aromatic heterocycles. The van der Waals surface area contributed by atoms with Gasteiger partial charge in [-0.25, -0.2) is 0 Å². The summed E-state index contributed by atoms with van der Waals surface area (Å²) in [5, 5.41) is 0. The third-order valence-corrected chi connectivity index (χ3v) is 5.30. The lowest BCUT2D eigenvalue weighted by atomic mass is 9.82. The molecule has 0 unspecified atom stereocenters. The van der Waals surface area contributed by atoms with Crippen LogP contribution < -0.4 is 0 Å². The van der Waals surface area contributed by atoms with Gasteiger partial charge in [0.15, 0.2) is 0 Å². The molecule has 98 valence electrons. The Morgan fingerprint density at radius 1 is 1.18 bits per heavy atom. The zero-order valence-electron chi connectivity index (χ0n) is 11.8. The van der Waals surface area contributed by atoms with Crippen molar-refractivity contribution in [3.05, 3.63) is 0 Å². The van der Waals surface area contributed by atoms with Crippen LogP contribution in [0.4, 0.5) is 0 Å². The Bertz CT molecular complexity index is 301. The Kier molecular flexibility index (Phi) is 2.79. The van der Waals surface area contributed by atoms with Crippen LogP contribution in [0.15, 0.2) is 0 Å². The molecule has 1 heterocycles. The standard InChI is InChI=1S/C15H27NO/c1-10(2)13-8-12-9-14(12)15(13)16(11(3)4)6-5-7-17-15/h10-14H,5-9H2,1-4H3/t12-,13+,14+,15+/m1/s1. The lowest BCUT2D eigenvalue weighted by molar-refractivity contribution is -0.236. The van der Waals surface area contributed by atoms with E-state index >= 15 is 0 Å². The third kappa shape index (κ3) is 1.60. The number of nitrogens with zero attached hydrogens (tertiary/aromatic N) is 1. The average Bonchev–Trinajstić information content (AvgIpc) is 2.99. The van der Waals surface area contributed by atoms with E-state index in [1.807, 2.05) is 0 Å². The highest BCUT2D eigenvalue weighted by molar-refractivity contribution is 5.14. The van der Waals surface area contributed by atoms with Crippen molar-refractivity contribution in [3.63, 3.8) is 0 Å². The van der Waals surface area contributed by atoms with Crippen LogP contribution in [0.25, 0.3) is 0 Å². The molecule has 2 nitrogen and oxygen atoms in total. The van der Waals surface area contributed by atoms with Gasteiger partial charge in [0.2, 0.25) is 0 Å². The van der Waals surface area contributed by atoms with Crippen LogP contribution in [-0.4, -0.2) is 29.8 Å². The van der Waals surface area contributed by atoms with Gasteiger partial charge in [0.1, 0.15) is 5.72 Å². The van der Waals surface area contributed by atoms with Crippen LogP contribution in [0.3, 0.4) is 0 Å². The lowest BCUT2D eigenvalue weighted by Gasteiger charge is -2.52. The number of hydrogen-bond donors (Lipinski definition) is 0. The van der Waals surface area contributed by atoms with Gasteiger partial charge >= 0.3 is 0 Å². The van der Waals surface area contributed by atoms with Crippen molar-refractivity contribution in [1.29, 1.82) is 0 Å². The molecule has 4 atom stereocenters. The van der Waals surface area contributed by atoms with Crippen molar-refractivity contribution in [2.24, 2.45) is 23.7 Å². The summed E-state index contributed by atoms with van der Waals surface area (Å²) in [6.45, 7) is 11.7. The molecule has 0 aromatic carbocycles. The van der Waals surface area contributed by atoms with E-state index in [1.54, 1.807) is 0 Å². The van der Waals surface area contributed by atoms with Crippen LogP contribution in [-0.2, 0) is 4.74 Å². The fourth-order valence-corrected chi connectivity index (χ4v) is 4.56.